The lowest BCUT2D eigenvalue weighted by molar-refractivity contribution is -0.186. The van der Waals surface area contributed by atoms with Crippen LogP contribution in [0.15, 0.2) is 11.6 Å². The maximum atomic E-state index is 12.8. The van der Waals surface area contributed by atoms with Crippen LogP contribution in [0.5, 0.6) is 0 Å². The summed E-state index contributed by atoms with van der Waals surface area (Å²) in [6.45, 7) is 6.78. The molecule has 0 spiro atoms. The molecule has 4 heteroatoms. The fraction of sp³-hybridized carbons (Fsp3) is 0.857. The van der Waals surface area contributed by atoms with E-state index in [1.54, 1.807) is 0 Å². The van der Waals surface area contributed by atoms with Crippen molar-refractivity contribution < 1.29 is 13.2 Å². The van der Waals surface area contributed by atoms with Crippen LogP contribution in [0.2, 0.25) is 0 Å². The van der Waals surface area contributed by atoms with E-state index in [0.29, 0.717) is 12.8 Å². The minimum atomic E-state index is -4.03. The van der Waals surface area contributed by atoms with Crippen LogP contribution in [0.1, 0.15) is 46.5 Å². The first kappa shape index (κ1) is 15.5. The van der Waals surface area contributed by atoms with Crippen LogP contribution in [0.3, 0.4) is 0 Å². The van der Waals surface area contributed by atoms with E-state index in [-0.39, 0.29) is 18.4 Å². The number of nitrogens with one attached hydrogen (secondary N) is 1. The van der Waals surface area contributed by atoms with Crippen molar-refractivity contribution in [2.75, 3.05) is 6.54 Å². The van der Waals surface area contributed by atoms with Crippen LogP contribution in [0, 0.1) is 11.8 Å². The highest BCUT2D eigenvalue weighted by Gasteiger charge is 2.43. The molecule has 1 rings (SSSR count). The molecule has 1 N–H and O–H groups in total. The minimum Gasteiger partial charge on any atom is -0.311 e. The number of allylic oxidation sites excluding steroid dienone is 1. The van der Waals surface area contributed by atoms with Gasteiger partial charge in [-0.3, -0.25) is 0 Å². The zero-order valence-electron chi connectivity index (χ0n) is 11.5. The quantitative estimate of drug-likeness (QED) is 0.746. The second kappa shape index (κ2) is 6.60. The van der Waals surface area contributed by atoms with Crippen molar-refractivity contribution in [1.82, 2.24) is 5.32 Å². The Hall–Kier alpha value is -0.510. The Bertz CT molecular complexity index is 279. The first-order chi connectivity index (χ1) is 8.34. The topological polar surface area (TPSA) is 12.0 Å². The maximum absolute atomic E-state index is 12.8. The summed E-state index contributed by atoms with van der Waals surface area (Å²) in [6.07, 6.45) is 0.202. The molecule has 1 saturated carbocycles. The average Bonchev–Trinajstić information content (AvgIpc) is 2.27. The summed E-state index contributed by atoms with van der Waals surface area (Å²) in [5.74, 6) is -0.997. The van der Waals surface area contributed by atoms with Gasteiger partial charge in [0.25, 0.3) is 0 Å². The van der Waals surface area contributed by atoms with Crippen LogP contribution in [-0.2, 0) is 0 Å². The molecule has 3 unspecified atom stereocenters. The van der Waals surface area contributed by atoms with E-state index in [1.165, 1.54) is 0 Å². The largest absolute Gasteiger partial charge is 0.391 e. The van der Waals surface area contributed by atoms with Crippen molar-refractivity contribution in [3.05, 3.63) is 11.6 Å². The molecule has 3 atom stereocenters. The fourth-order valence-electron chi connectivity index (χ4n) is 2.81. The summed E-state index contributed by atoms with van der Waals surface area (Å²) in [6, 6.07) is 0.0881. The van der Waals surface area contributed by atoms with E-state index in [1.807, 2.05) is 20.8 Å². The van der Waals surface area contributed by atoms with Gasteiger partial charge in [0.05, 0.1) is 5.92 Å². The standard InChI is InChI=1S/C14H24F3N/c1-4-18-13(8-10(2)3)11-6-5-7-12(9-11)14(15,16)17/h8,11-13,18H,4-7,9H2,1-3H3. The van der Waals surface area contributed by atoms with Gasteiger partial charge in [-0.2, -0.15) is 13.2 Å². The van der Waals surface area contributed by atoms with Crippen LogP contribution in [-0.4, -0.2) is 18.8 Å². The molecule has 0 aromatic carbocycles. The normalized spacial score (nSPS) is 26.8. The van der Waals surface area contributed by atoms with Crippen LogP contribution >= 0.6 is 0 Å². The Labute approximate surface area is 108 Å². The number of likely N-dealkylation sites (N-methyl/N-ethyl adjacent to an activating group) is 1. The zero-order valence-corrected chi connectivity index (χ0v) is 11.5. The van der Waals surface area contributed by atoms with E-state index in [9.17, 15) is 13.2 Å². The van der Waals surface area contributed by atoms with Gasteiger partial charge in [-0.25, -0.2) is 0 Å². The van der Waals surface area contributed by atoms with Crippen molar-refractivity contribution in [3.63, 3.8) is 0 Å². The van der Waals surface area contributed by atoms with Gasteiger partial charge in [-0.1, -0.05) is 25.0 Å². The Morgan fingerprint density at radius 3 is 2.50 bits per heavy atom. The minimum absolute atomic E-state index is 0.0881. The van der Waals surface area contributed by atoms with Gasteiger partial charge in [0.15, 0.2) is 0 Å². The molecule has 0 aromatic rings. The molecule has 1 aliphatic carbocycles. The Morgan fingerprint density at radius 1 is 1.33 bits per heavy atom. The molecule has 0 radical (unpaired) electrons. The van der Waals surface area contributed by atoms with Gasteiger partial charge in [-0.05, 0) is 45.6 Å². The third-order valence-corrected chi connectivity index (χ3v) is 3.64. The molecule has 0 aromatic heterocycles. The Kier molecular flexibility index (Phi) is 5.70. The Balaban J connectivity index is 2.70. The van der Waals surface area contributed by atoms with Gasteiger partial charge in [0, 0.05) is 6.04 Å². The number of hydrogen-bond acceptors (Lipinski definition) is 1. The molecule has 0 amide bonds. The second-order valence-corrected chi connectivity index (χ2v) is 5.49. The smallest absolute Gasteiger partial charge is 0.311 e. The van der Waals surface area contributed by atoms with Crippen molar-refractivity contribution in [3.8, 4) is 0 Å². The fourth-order valence-corrected chi connectivity index (χ4v) is 2.81. The highest BCUT2D eigenvalue weighted by Crippen LogP contribution is 2.41. The first-order valence-corrected chi connectivity index (χ1v) is 6.79. The van der Waals surface area contributed by atoms with Gasteiger partial charge < -0.3 is 5.32 Å². The molecule has 1 nitrogen and oxygen atoms in total. The summed E-state index contributed by atoms with van der Waals surface area (Å²) in [4.78, 5) is 0. The highest BCUT2D eigenvalue weighted by atomic mass is 19.4. The Morgan fingerprint density at radius 2 is 2.00 bits per heavy atom. The molecule has 106 valence electrons. The second-order valence-electron chi connectivity index (χ2n) is 5.49. The molecule has 0 bridgehead atoms. The molecule has 0 aliphatic heterocycles. The van der Waals surface area contributed by atoms with Crippen molar-refractivity contribution in [1.29, 1.82) is 0 Å². The van der Waals surface area contributed by atoms with E-state index in [2.05, 4.69) is 11.4 Å². The molecule has 0 heterocycles. The summed E-state index contributed by atoms with van der Waals surface area (Å²) < 4.78 is 38.4. The van der Waals surface area contributed by atoms with Gasteiger partial charge >= 0.3 is 6.18 Å². The predicted octanol–water partition coefficient (Wildman–Crippen LogP) is 4.30. The molecule has 18 heavy (non-hydrogen) atoms. The van der Waals surface area contributed by atoms with Crippen LogP contribution < -0.4 is 5.32 Å². The van der Waals surface area contributed by atoms with Gasteiger partial charge in [0.2, 0.25) is 0 Å². The lowest BCUT2D eigenvalue weighted by atomic mass is 9.77. The number of halogens is 3. The van der Waals surface area contributed by atoms with E-state index in [0.717, 1.165) is 18.5 Å². The number of hydrogen-bond donors (Lipinski definition) is 1. The highest BCUT2D eigenvalue weighted by molar-refractivity contribution is 5.04. The summed E-state index contributed by atoms with van der Waals surface area (Å²) in [5.41, 5.74) is 1.16. The lowest BCUT2D eigenvalue weighted by Crippen LogP contribution is -2.40. The van der Waals surface area contributed by atoms with E-state index in [4.69, 9.17) is 0 Å². The van der Waals surface area contributed by atoms with Gasteiger partial charge in [-0.15, -0.1) is 0 Å². The summed E-state index contributed by atoms with van der Waals surface area (Å²) >= 11 is 0. The monoisotopic (exact) mass is 263 g/mol. The third-order valence-electron chi connectivity index (χ3n) is 3.64. The van der Waals surface area contributed by atoms with Crippen molar-refractivity contribution in [2.24, 2.45) is 11.8 Å². The van der Waals surface area contributed by atoms with Crippen molar-refractivity contribution in [2.45, 2.75) is 58.7 Å². The zero-order chi connectivity index (χ0) is 13.8. The molecule has 1 fully saturated rings. The first-order valence-electron chi connectivity index (χ1n) is 6.79. The van der Waals surface area contributed by atoms with E-state index >= 15 is 0 Å². The third kappa shape index (κ3) is 4.63. The van der Waals surface area contributed by atoms with Crippen LogP contribution in [0.25, 0.3) is 0 Å². The lowest BCUT2D eigenvalue weighted by Gasteiger charge is -2.34. The predicted molar refractivity (Wildman–Crippen MR) is 68.4 cm³/mol. The maximum Gasteiger partial charge on any atom is 0.391 e. The van der Waals surface area contributed by atoms with Gasteiger partial charge in [0.1, 0.15) is 0 Å². The average molecular weight is 263 g/mol. The van der Waals surface area contributed by atoms with E-state index < -0.39 is 12.1 Å². The van der Waals surface area contributed by atoms with Crippen LogP contribution in [0.4, 0.5) is 13.2 Å². The molecule has 0 saturated heterocycles. The number of alkyl halides is 3. The SMILES string of the molecule is CCNC(C=C(C)C)C1CCCC(C(F)(F)F)C1. The van der Waals surface area contributed by atoms with Crippen molar-refractivity contribution >= 4 is 0 Å². The molecular weight excluding hydrogens is 239 g/mol. The summed E-state index contributed by atoms with van der Waals surface area (Å²) in [5, 5.41) is 3.31. The number of rotatable bonds is 4. The molecule has 1 aliphatic rings. The summed E-state index contributed by atoms with van der Waals surface area (Å²) in [7, 11) is 0. The molecular formula is C14H24F3N.